The Kier molecular flexibility index (Phi) is 7.04. The number of piperidine rings is 1. The third-order valence-electron chi connectivity index (χ3n) is 4.80. The van der Waals surface area contributed by atoms with Crippen LogP contribution in [0.3, 0.4) is 0 Å². The van der Waals surface area contributed by atoms with Crippen molar-refractivity contribution in [2.45, 2.75) is 38.6 Å². The summed E-state index contributed by atoms with van der Waals surface area (Å²) in [6, 6.07) is 9.87. The van der Waals surface area contributed by atoms with E-state index >= 15 is 0 Å². The van der Waals surface area contributed by atoms with E-state index in [1.807, 2.05) is 37.3 Å². The number of carbonyl (C=O) groups excluding carboxylic acids is 1. The first-order chi connectivity index (χ1) is 14.1. The summed E-state index contributed by atoms with van der Waals surface area (Å²) in [5.74, 6) is 1.43. The first-order valence-corrected chi connectivity index (χ1v) is 9.94. The van der Waals surface area contributed by atoms with Gasteiger partial charge in [-0.15, -0.1) is 0 Å². The molecule has 156 valence electrons. The molecule has 1 aromatic carbocycles. The van der Waals surface area contributed by atoms with Crippen molar-refractivity contribution in [3.05, 3.63) is 36.2 Å². The van der Waals surface area contributed by atoms with E-state index in [0.29, 0.717) is 43.9 Å². The molecule has 1 aliphatic rings. The lowest BCUT2D eigenvalue weighted by atomic mass is 10.1. The molecule has 1 aliphatic heterocycles. The Hall–Kier alpha value is -3.10. The molecular formula is C20H28N6O3. The third kappa shape index (κ3) is 5.69. The monoisotopic (exact) mass is 400 g/mol. The maximum Gasteiger partial charge on any atom is 0.409 e. The molecule has 1 fully saturated rings. The van der Waals surface area contributed by atoms with Crippen LogP contribution in [0.1, 0.15) is 38.5 Å². The number of benzene rings is 1. The predicted octanol–water partition coefficient (Wildman–Crippen LogP) is 2.37. The molecule has 1 saturated heterocycles. The van der Waals surface area contributed by atoms with Crippen LogP contribution in [0.5, 0.6) is 0 Å². The molecule has 0 aliphatic carbocycles. The van der Waals surface area contributed by atoms with Crippen LogP contribution in [0.25, 0.3) is 11.4 Å². The lowest BCUT2D eigenvalue weighted by Crippen LogP contribution is -2.48. The summed E-state index contributed by atoms with van der Waals surface area (Å²) in [6.07, 6.45) is 1.35. The second kappa shape index (κ2) is 9.90. The highest BCUT2D eigenvalue weighted by atomic mass is 16.6. The number of nitrogens with two attached hydrogens (primary N) is 1. The zero-order valence-electron chi connectivity index (χ0n) is 16.9. The van der Waals surface area contributed by atoms with Crippen molar-refractivity contribution >= 4 is 12.1 Å². The minimum absolute atomic E-state index is 0.0500. The number of amides is 1. The number of carbonyl (C=O) groups is 1. The second-order valence-electron chi connectivity index (χ2n) is 7.05. The quantitative estimate of drug-likeness (QED) is 0.564. The Morgan fingerprint density at radius 2 is 2.10 bits per heavy atom. The molecule has 0 saturated carbocycles. The van der Waals surface area contributed by atoms with Gasteiger partial charge in [-0.05, 0) is 19.8 Å². The van der Waals surface area contributed by atoms with Gasteiger partial charge >= 0.3 is 6.09 Å². The lowest BCUT2D eigenvalue weighted by Gasteiger charge is -2.31. The maximum absolute atomic E-state index is 11.7. The molecule has 1 unspecified atom stereocenters. The number of hydrogen-bond donors (Lipinski definition) is 2. The molecule has 1 amide bonds. The summed E-state index contributed by atoms with van der Waals surface area (Å²) in [5.41, 5.74) is 6.95. The Balaban J connectivity index is 1.46. The molecule has 3 N–H and O–H groups in total. The average Bonchev–Trinajstić information content (AvgIpc) is 3.24. The van der Waals surface area contributed by atoms with Gasteiger partial charge in [-0.3, -0.25) is 4.99 Å². The van der Waals surface area contributed by atoms with E-state index in [0.717, 1.165) is 18.4 Å². The van der Waals surface area contributed by atoms with E-state index in [-0.39, 0.29) is 18.1 Å². The van der Waals surface area contributed by atoms with Crippen LogP contribution >= 0.6 is 0 Å². The van der Waals surface area contributed by atoms with Crippen molar-refractivity contribution in [2.24, 2.45) is 10.7 Å². The average molecular weight is 400 g/mol. The predicted molar refractivity (Wildman–Crippen MR) is 109 cm³/mol. The molecule has 0 bridgehead atoms. The van der Waals surface area contributed by atoms with Gasteiger partial charge < -0.3 is 25.2 Å². The molecular weight excluding hydrogens is 372 g/mol. The number of nitrogens with one attached hydrogen (secondary N) is 1. The van der Waals surface area contributed by atoms with E-state index in [1.54, 1.807) is 11.8 Å². The van der Waals surface area contributed by atoms with Gasteiger partial charge in [-0.2, -0.15) is 4.98 Å². The second-order valence-corrected chi connectivity index (χ2v) is 7.05. The Bertz CT molecular complexity index is 815. The number of guanidine groups is 1. The molecule has 0 spiro atoms. The van der Waals surface area contributed by atoms with Gasteiger partial charge in [0, 0.05) is 24.7 Å². The summed E-state index contributed by atoms with van der Waals surface area (Å²) < 4.78 is 10.4. The summed E-state index contributed by atoms with van der Waals surface area (Å²) in [7, 11) is 0. The van der Waals surface area contributed by atoms with Crippen molar-refractivity contribution in [1.29, 1.82) is 0 Å². The zero-order valence-corrected chi connectivity index (χ0v) is 16.9. The van der Waals surface area contributed by atoms with Crippen LogP contribution in [-0.2, 0) is 4.74 Å². The Morgan fingerprint density at radius 3 is 2.79 bits per heavy atom. The van der Waals surface area contributed by atoms with Gasteiger partial charge in [-0.1, -0.05) is 42.4 Å². The van der Waals surface area contributed by atoms with Gasteiger partial charge in [0.1, 0.15) is 0 Å². The maximum atomic E-state index is 11.7. The van der Waals surface area contributed by atoms with Gasteiger partial charge in [-0.25, -0.2) is 4.79 Å². The van der Waals surface area contributed by atoms with Crippen LogP contribution in [0.4, 0.5) is 4.79 Å². The molecule has 9 nitrogen and oxygen atoms in total. The number of rotatable bonds is 6. The van der Waals surface area contributed by atoms with Crippen molar-refractivity contribution in [2.75, 3.05) is 26.2 Å². The fourth-order valence-electron chi connectivity index (χ4n) is 3.13. The largest absolute Gasteiger partial charge is 0.450 e. The van der Waals surface area contributed by atoms with Crippen LogP contribution in [0.2, 0.25) is 0 Å². The highest BCUT2D eigenvalue weighted by Gasteiger charge is 2.23. The number of likely N-dealkylation sites (tertiary alicyclic amines) is 1. The normalized spacial score (nSPS) is 16.5. The van der Waals surface area contributed by atoms with Crippen molar-refractivity contribution in [3.8, 4) is 11.4 Å². The smallest absolute Gasteiger partial charge is 0.409 e. The van der Waals surface area contributed by atoms with Gasteiger partial charge in [0.15, 0.2) is 5.96 Å². The van der Waals surface area contributed by atoms with E-state index in [9.17, 15) is 4.79 Å². The highest BCUT2D eigenvalue weighted by Crippen LogP contribution is 2.19. The van der Waals surface area contributed by atoms with Crippen molar-refractivity contribution in [3.63, 3.8) is 0 Å². The molecule has 2 aromatic rings. The number of nitrogens with zero attached hydrogens (tertiary/aromatic N) is 4. The minimum Gasteiger partial charge on any atom is -0.450 e. The third-order valence-corrected chi connectivity index (χ3v) is 4.80. The van der Waals surface area contributed by atoms with E-state index in [1.165, 1.54) is 0 Å². The fourth-order valence-corrected chi connectivity index (χ4v) is 3.13. The zero-order chi connectivity index (χ0) is 20.6. The van der Waals surface area contributed by atoms with E-state index < -0.39 is 0 Å². The standard InChI is InChI=1S/C20H28N6O3/c1-3-28-20(27)26-11-9-16(10-12-26)23-19(21)22-13-14(2)18-24-17(25-29-18)15-7-5-4-6-8-15/h4-8,14,16H,3,9-13H2,1-2H3,(H3,21,22,23). The summed E-state index contributed by atoms with van der Waals surface area (Å²) >= 11 is 0. The van der Waals surface area contributed by atoms with Crippen LogP contribution in [-0.4, -0.2) is 59.4 Å². The minimum atomic E-state index is -0.254. The van der Waals surface area contributed by atoms with Crippen LogP contribution in [0.15, 0.2) is 39.8 Å². The van der Waals surface area contributed by atoms with Gasteiger partial charge in [0.2, 0.25) is 11.7 Å². The van der Waals surface area contributed by atoms with Crippen LogP contribution < -0.4 is 11.1 Å². The molecule has 29 heavy (non-hydrogen) atoms. The number of hydrogen-bond acceptors (Lipinski definition) is 6. The molecule has 9 heteroatoms. The van der Waals surface area contributed by atoms with Gasteiger partial charge in [0.05, 0.1) is 19.1 Å². The molecule has 1 aromatic heterocycles. The molecule has 0 radical (unpaired) electrons. The fraction of sp³-hybridized carbons (Fsp3) is 0.500. The van der Waals surface area contributed by atoms with Gasteiger partial charge in [0.25, 0.3) is 0 Å². The number of aromatic nitrogens is 2. The first kappa shape index (κ1) is 20.6. The van der Waals surface area contributed by atoms with Crippen molar-refractivity contribution < 1.29 is 14.1 Å². The first-order valence-electron chi connectivity index (χ1n) is 9.94. The topological polar surface area (TPSA) is 119 Å². The van der Waals surface area contributed by atoms with Crippen LogP contribution in [0, 0.1) is 0 Å². The summed E-state index contributed by atoms with van der Waals surface area (Å²) in [5, 5.41) is 7.27. The SMILES string of the molecule is CCOC(=O)N1CCC(NC(N)=NCC(C)c2nc(-c3ccccc3)no2)CC1. The summed E-state index contributed by atoms with van der Waals surface area (Å²) in [4.78, 5) is 22.3. The van der Waals surface area contributed by atoms with Crippen molar-refractivity contribution in [1.82, 2.24) is 20.4 Å². The number of ether oxygens (including phenoxy) is 1. The number of aliphatic imine (C=N–C) groups is 1. The Morgan fingerprint density at radius 1 is 1.38 bits per heavy atom. The summed E-state index contributed by atoms with van der Waals surface area (Å²) in [6.45, 7) is 5.89. The molecule has 2 heterocycles. The molecule has 1 atom stereocenters. The Labute approximate surface area is 170 Å². The highest BCUT2D eigenvalue weighted by molar-refractivity contribution is 5.78. The van der Waals surface area contributed by atoms with E-state index in [4.69, 9.17) is 15.0 Å². The lowest BCUT2D eigenvalue weighted by molar-refractivity contribution is 0.0963. The van der Waals surface area contributed by atoms with E-state index in [2.05, 4.69) is 20.4 Å². The molecule has 3 rings (SSSR count).